The molecule has 0 saturated carbocycles. The third kappa shape index (κ3) is 2.10. The molecule has 2 heteroatoms. The number of furan rings is 1. The van der Waals surface area contributed by atoms with E-state index in [9.17, 15) is 0 Å². The number of aliphatic hydroxyl groups is 1. The van der Waals surface area contributed by atoms with Crippen molar-refractivity contribution in [3.63, 3.8) is 0 Å². The number of para-hydroxylation sites is 1. The molecule has 0 bridgehead atoms. The molecule has 0 radical (unpaired) electrons. The van der Waals surface area contributed by atoms with Gasteiger partial charge in [-0.05, 0) is 30.2 Å². The highest BCUT2D eigenvalue weighted by Crippen LogP contribution is 2.21. The zero-order valence-corrected chi connectivity index (χ0v) is 8.73. The van der Waals surface area contributed by atoms with E-state index in [0.29, 0.717) is 0 Å². The summed E-state index contributed by atoms with van der Waals surface area (Å²) in [7, 11) is 0. The van der Waals surface area contributed by atoms with Crippen molar-refractivity contribution < 1.29 is 9.52 Å². The summed E-state index contributed by atoms with van der Waals surface area (Å²) in [5.41, 5.74) is 1.87. The summed E-state index contributed by atoms with van der Waals surface area (Å²) in [5.74, 6) is 0.808. The van der Waals surface area contributed by atoms with Crippen LogP contribution in [-0.4, -0.2) is 11.7 Å². The van der Waals surface area contributed by atoms with Gasteiger partial charge in [0.2, 0.25) is 0 Å². The van der Waals surface area contributed by atoms with E-state index < -0.39 is 0 Å². The van der Waals surface area contributed by atoms with Gasteiger partial charge in [-0.15, -0.1) is 0 Å². The molecule has 0 amide bonds. The van der Waals surface area contributed by atoms with Crippen molar-refractivity contribution in [3.8, 4) is 0 Å². The first-order valence-electron chi connectivity index (χ1n) is 5.12. The Hall–Kier alpha value is -1.54. The van der Waals surface area contributed by atoms with Crippen molar-refractivity contribution in [2.24, 2.45) is 0 Å². The molecule has 1 N–H and O–H groups in total. The molecule has 0 aliphatic rings. The largest absolute Gasteiger partial charge is 0.457 e. The normalized spacial score (nSPS) is 12.3. The maximum Gasteiger partial charge on any atom is 0.134 e. The van der Waals surface area contributed by atoms with E-state index in [1.54, 1.807) is 0 Å². The lowest BCUT2D eigenvalue weighted by atomic mass is 10.2. The summed E-state index contributed by atoms with van der Waals surface area (Å²) < 4.78 is 5.61. The van der Waals surface area contributed by atoms with Crippen molar-refractivity contribution in [1.29, 1.82) is 0 Å². The summed E-state index contributed by atoms with van der Waals surface area (Å²) in [6, 6.07) is 9.88. The van der Waals surface area contributed by atoms with Crippen molar-refractivity contribution in [2.75, 3.05) is 6.61 Å². The van der Waals surface area contributed by atoms with Crippen LogP contribution in [0.2, 0.25) is 0 Å². The van der Waals surface area contributed by atoms with E-state index in [1.807, 2.05) is 43.3 Å². The number of fused-ring (bicyclic) bond motifs is 1. The summed E-state index contributed by atoms with van der Waals surface area (Å²) in [6.45, 7) is 2.11. The van der Waals surface area contributed by atoms with E-state index in [4.69, 9.17) is 9.52 Å². The van der Waals surface area contributed by atoms with Crippen LogP contribution < -0.4 is 0 Å². The Labute approximate surface area is 88.8 Å². The van der Waals surface area contributed by atoms with Gasteiger partial charge in [0.25, 0.3) is 0 Å². The second-order valence-electron chi connectivity index (χ2n) is 3.50. The first-order valence-corrected chi connectivity index (χ1v) is 5.12. The molecule has 0 aliphatic carbocycles. The van der Waals surface area contributed by atoms with Gasteiger partial charge in [0.15, 0.2) is 0 Å². The highest BCUT2D eigenvalue weighted by atomic mass is 16.3. The molecule has 1 aromatic heterocycles. The maximum atomic E-state index is 9.05. The second-order valence-corrected chi connectivity index (χ2v) is 3.50. The third-order valence-electron chi connectivity index (χ3n) is 2.45. The van der Waals surface area contributed by atoms with Gasteiger partial charge in [0, 0.05) is 5.39 Å². The SMILES string of the molecule is CCC(=Cc1cc2ccccc2o1)CO. The van der Waals surface area contributed by atoms with Crippen LogP contribution in [0.4, 0.5) is 0 Å². The first-order chi connectivity index (χ1) is 7.33. The van der Waals surface area contributed by atoms with Crippen molar-refractivity contribution in [3.05, 3.63) is 41.7 Å². The average Bonchev–Trinajstić information content (AvgIpc) is 2.68. The summed E-state index contributed by atoms with van der Waals surface area (Å²) >= 11 is 0. The van der Waals surface area contributed by atoms with Crippen LogP contribution in [0.15, 0.2) is 40.3 Å². The van der Waals surface area contributed by atoms with E-state index in [1.165, 1.54) is 0 Å². The van der Waals surface area contributed by atoms with Gasteiger partial charge in [0.05, 0.1) is 6.61 Å². The molecule has 2 nitrogen and oxygen atoms in total. The van der Waals surface area contributed by atoms with Gasteiger partial charge >= 0.3 is 0 Å². The number of hydrogen-bond acceptors (Lipinski definition) is 2. The fraction of sp³-hybridized carbons (Fsp3) is 0.231. The lowest BCUT2D eigenvalue weighted by Gasteiger charge is -1.96. The van der Waals surface area contributed by atoms with E-state index in [2.05, 4.69) is 0 Å². The fourth-order valence-corrected chi connectivity index (χ4v) is 1.53. The van der Waals surface area contributed by atoms with Crippen molar-refractivity contribution >= 4 is 17.0 Å². The molecule has 1 heterocycles. The predicted molar refractivity (Wildman–Crippen MR) is 61.6 cm³/mol. The van der Waals surface area contributed by atoms with Crippen LogP contribution in [0.25, 0.3) is 17.0 Å². The van der Waals surface area contributed by atoms with Gasteiger partial charge in [-0.2, -0.15) is 0 Å². The minimum absolute atomic E-state index is 0.0908. The van der Waals surface area contributed by atoms with Crippen LogP contribution in [-0.2, 0) is 0 Å². The molecule has 2 rings (SSSR count). The standard InChI is InChI=1S/C13H14O2/c1-2-10(9-14)7-12-8-11-5-3-4-6-13(11)15-12/h3-8,14H,2,9H2,1H3. The Kier molecular flexibility index (Phi) is 2.88. The van der Waals surface area contributed by atoms with Crippen LogP contribution in [0.5, 0.6) is 0 Å². The van der Waals surface area contributed by atoms with Crippen LogP contribution in [0, 0.1) is 0 Å². The quantitative estimate of drug-likeness (QED) is 0.829. The Morgan fingerprint density at radius 1 is 1.40 bits per heavy atom. The summed E-state index contributed by atoms with van der Waals surface area (Å²) in [5, 5.41) is 10.1. The third-order valence-corrected chi connectivity index (χ3v) is 2.45. The van der Waals surface area contributed by atoms with Crippen LogP contribution in [0.1, 0.15) is 19.1 Å². The van der Waals surface area contributed by atoms with Gasteiger partial charge in [-0.1, -0.05) is 25.1 Å². The maximum absolute atomic E-state index is 9.05. The van der Waals surface area contributed by atoms with Crippen molar-refractivity contribution in [2.45, 2.75) is 13.3 Å². The minimum atomic E-state index is 0.0908. The zero-order chi connectivity index (χ0) is 10.7. The molecule has 1 aromatic carbocycles. The molecule has 0 unspecified atom stereocenters. The monoisotopic (exact) mass is 202 g/mol. The number of benzene rings is 1. The van der Waals surface area contributed by atoms with Gasteiger partial charge < -0.3 is 9.52 Å². The lowest BCUT2D eigenvalue weighted by Crippen LogP contribution is -1.86. The smallest absolute Gasteiger partial charge is 0.134 e. The van der Waals surface area contributed by atoms with Crippen LogP contribution >= 0.6 is 0 Å². The Balaban J connectivity index is 2.40. The Morgan fingerprint density at radius 2 is 2.20 bits per heavy atom. The molecular weight excluding hydrogens is 188 g/mol. The minimum Gasteiger partial charge on any atom is -0.457 e. The van der Waals surface area contributed by atoms with Gasteiger partial charge in [-0.3, -0.25) is 0 Å². The van der Waals surface area contributed by atoms with Gasteiger partial charge in [-0.25, -0.2) is 0 Å². The Bertz CT molecular complexity index is 441. The predicted octanol–water partition coefficient (Wildman–Crippen LogP) is 3.22. The molecule has 0 atom stereocenters. The highest BCUT2D eigenvalue weighted by Gasteiger charge is 2.01. The number of rotatable bonds is 3. The van der Waals surface area contributed by atoms with E-state index in [0.717, 1.165) is 28.7 Å². The fourth-order valence-electron chi connectivity index (χ4n) is 1.53. The summed E-state index contributed by atoms with van der Waals surface area (Å²) in [4.78, 5) is 0. The molecule has 0 aliphatic heterocycles. The average molecular weight is 202 g/mol. The van der Waals surface area contributed by atoms with E-state index >= 15 is 0 Å². The summed E-state index contributed by atoms with van der Waals surface area (Å²) in [6.07, 6.45) is 2.74. The molecule has 78 valence electrons. The first kappa shape index (κ1) is 9.99. The molecule has 0 fully saturated rings. The van der Waals surface area contributed by atoms with Crippen molar-refractivity contribution in [1.82, 2.24) is 0 Å². The topological polar surface area (TPSA) is 33.4 Å². The van der Waals surface area contributed by atoms with Gasteiger partial charge in [0.1, 0.15) is 11.3 Å². The molecular formula is C13H14O2. The molecule has 15 heavy (non-hydrogen) atoms. The molecule has 2 aromatic rings. The second kappa shape index (κ2) is 4.32. The Morgan fingerprint density at radius 3 is 2.87 bits per heavy atom. The number of hydrogen-bond donors (Lipinski definition) is 1. The highest BCUT2D eigenvalue weighted by molar-refractivity contribution is 5.79. The zero-order valence-electron chi connectivity index (χ0n) is 8.73. The lowest BCUT2D eigenvalue weighted by molar-refractivity contribution is 0.328. The molecule has 0 saturated heterocycles. The van der Waals surface area contributed by atoms with Crippen LogP contribution in [0.3, 0.4) is 0 Å². The number of aliphatic hydroxyl groups excluding tert-OH is 1. The van der Waals surface area contributed by atoms with E-state index in [-0.39, 0.29) is 6.61 Å². The molecule has 0 spiro atoms.